The van der Waals surface area contributed by atoms with E-state index < -0.39 is 0 Å². The van der Waals surface area contributed by atoms with Gasteiger partial charge in [-0.2, -0.15) is 0 Å². The SMILES string of the molecule is [2H]c1ccc(OCOC)cc1. The molecule has 0 saturated heterocycles. The molecule has 0 saturated carbocycles. The maximum absolute atomic E-state index is 7.18. The van der Waals surface area contributed by atoms with E-state index in [4.69, 9.17) is 10.8 Å². The Hall–Kier alpha value is -1.02. The van der Waals surface area contributed by atoms with Crippen LogP contribution in [0.3, 0.4) is 0 Å². The van der Waals surface area contributed by atoms with Gasteiger partial charge in [-0.05, 0) is 12.1 Å². The average Bonchev–Trinajstić information content (AvgIpc) is 2.04. The highest BCUT2D eigenvalue weighted by atomic mass is 16.7. The largest absolute Gasteiger partial charge is 0.468 e. The summed E-state index contributed by atoms with van der Waals surface area (Å²) in [4.78, 5) is 0. The molecule has 0 unspecified atom stereocenters. The molecule has 1 rings (SSSR count). The lowest BCUT2D eigenvalue weighted by molar-refractivity contribution is 0.0511. The number of methoxy groups -OCH3 is 1. The Balaban J connectivity index is 2.52. The summed E-state index contributed by atoms with van der Waals surface area (Å²) >= 11 is 0. The first-order chi connectivity index (χ1) is 5.33. The molecule has 1 aromatic rings. The second-order valence-electron chi connectivity index (χ2n) is 1.79. The van der Waals surface area contributed by atoms with Crippen molar-refractivity contribution in [2.45, 2.75) is 0 Å². The smallest absolute Gasteiger partial charge is 0.188 e. The van der Waals surface area contributed by atoms with Crippen molar-refractivity contribution in [3.05, 3.63) is 30.3 Å². The maximum Gasteiger partial charge on any atom is 0.188 e. The number of hydrogen-bond donors (Lipinski definition) is 0. The third-order valence-corrected chi connectivity index (χ3v) is 1.03. The zero-order valence-corrected chi connectivity index (χ0v) is 5.83. The Morgan fingerprint density at radius 2 is 2.20 bits per heavy atom. The predicted octanol–water partition coefficient (Wildman–Crippen LogP) is 1.67. The highest BCUT2D eigenvalue weighted by Crippen LogP contribution is 2.07. The zero-order valence-electron chi connectivity index (χ0n) is 6.83. The minimum atomic E-state index is 0.247. The molecule has 0 bridgehead atoms. The van der Waals surface area contributed by atoms with E-state index in [0.29, 0.717) is 6.04 Å². The summed E-state index contributed by atoms with van der Waals surface area (Å²) in [5, 5.41) is 0. The lowest BCUT2D eigenvalue weighted by atomic mass is 10.3. The average molecular weight is 139 g/mol. The van der Waals surface area contributed by atoms with Gasteiger partial charge in [0.05, 0.1) is 1.37 Å². The molecule has 0 heterocycles. The van der Waals surface area contributed by atoms with Gasteiger partial charge in [0.15, 0.2) is 6.79 Å². The van der Waals surface area contributed by atoms with Crippen LogP contribution in [0.2, 0.25) is 0 Å². The molecule has 0 aliphatic heterocycles. The number of hydrogen-bond acceptors (Lipinski definition) is 2. The van der Waals surface area contributed by atoms with Crippen LogP contribution < -0.4 is 4.74 Å². The summed E-state index contributed by atoms with van der Waals surface area (Å²) in [7, 11) is 1.57. The number of rotatable bonds is 3. The molecule has 2 heteroatoms. The van der Waals surface area contributed by atoms with Gasteiger partial charge < -0.3 is 9.47 Å². The molecule has 0 atom stereocenters. The van der Waals surface area contributed by atoms with Gasteiger partial charge in [-0.15, -0.1) is 0 Å². The fraction of sp³-hybridized carbons (Fsp3) is 0.250. The van der Waals surface area contributed by atoms with Gasteiger partial charge in [0.25, 0.3) is 0 Å². The van der Waals surface area contributed by atoms with Crippen LogP contribution in [0.25, 0.3) is 0 Å². The van der Waals surface area contributed by atoms with Gasteiger partial charge in [-0.3, -0.25) is 0 Å². The molecule has 0 amide bonds. The summed E-state index contributed by atoms with van der Waals surface area (Å²) in [6, 6.07) is 7.30. The molecule has 10 heavy (non-hydrogen) atoms. The first-order valence-electron chi connectivity index (χ1n) is 3.51. The molecule has 1 aromatic carbocycles. The molecule has 0 aliphatic rings. The van der Waals surface area contributed by atoms with Gasteiger partial charge in [0.2, 0.25) is 0 Å². The van der Waals surface area contributed by atoms with Crippen LogP contribution in [0.4, 0.5) is 0 Å². The van der Waals surface area contributed by atoms with Crippen LogP contribution in [-0.2, 0) is 4.74 Å². The van der Waals surface area contributed by atoms with Crippen molar-refractivity contribution in [3.8, 4) is 5.75 Å². The molecular formula is C8H10O2. The standard InChI is InChI=1S/C8H10O2/c1-9-7-10-8-5-3-2-4-6-8/h2-6H,7H2,1H3/i2D. The van der Waals surface area contributed by atoms with Crippen LogP contribution in [-0.4, -0.2) is 13.9 Å². The molecule has 2 nitrogen and oxygen atoms in total. The maximum atomic E-state index is 7.18. The summed E-state index contributed by atoms with van der Waals surface area (Å²) in [6.07, 6.45) is 0. The van der Waals surface area contributed by atoms with Crippen LogP contribution in [0.15, 0.2) is 30.3 Å². The molecule has 0 N–H and O–H groups in total. The van der Waals surface area contributed by atoms with Crippen molar-refractivity contribution >= 4 is 0 Å². The van der Waals surface area contributed by atoms with E-state index in [2.05, 4.69) is 0 Å². The number of ether oxygens (including phenoxy) is 2. The zero-order chi connectivity index (χ0) is 8.10. The summed E-state index contributed by atoms with van der Waals surface area (Å²) in [5.41, 5.74) is 0. The lowest BCUT2D eigenvalue weighted by Crippen LogP contribution is -1.97. The topological polar surface area (TPSA) is 18.5 Å². The third kappa shape index (κ3) is 2.07. The highest BCUT2D eigenvalue weighted by molar-refractivity contribution is 5.20. The van der Waals surface area contributed by atoms with E-state index in [0.717, 1.165) is 5.75 Å². The Bertz CT molecular complexity index is 208. The first-order valence-corrected chi connectivity index (χ1v) is 3.01. The van der Waals surface area contributed by atoms with Gasteiger partial charge >= 0.3 is 0 Å². The second kappa shape index (κ2) is 3.90. The monoisotopic (exact) mass is 139 g/mol. The van der Waals surface area contributed by atoms with Crippen LogP contribution in [0, 0.1) is 0 Å². The molecule has 0 fully saturated rings. The Morgan fingerprint density at radius 1 is 1.50 bits per heavy atom. The Kier molecular flexibility index (Phi) is 2.24. The van der Waals surface area contributed by atoms with Crippen molar-refractivity contribution in [1.29, 1.82) is 0 Å². The number of para-hydroxylation sites is 1. The van der Waals surface area contributed by atoms with E-state index >= 15 is 0 Å². The summed E-state index contributed by atoms with van der Waals surface area (Å²) in [6.45, 7) is 0.247. The fourth-order valence-electron chi connectivity index (χ4n) is 0.595. The van der Waals surface area contributed by atoms with Gasteiger partial charge in [-0.25, -0.2) is 0 Å². The Morgan fingerprint density at radius 3 is 2.80 bits per heavy atom. The van der Waals surface area contributed by atoms with Crippen molar-refractivity contribution in [2.75, 3.05) is 13.9 Å². The van der Waals surface area contributed by atoms with E-state index in [1.54, 1.807) is 31.4 Å². The van der Waals surface area contributed by atoms with Crippen molar-refractivity contribution in [1.82, 2.24) is 0 Å². The molecule has 0 aromatic heterocycles. The summed E-state index contributed by atoms with van der Waals surface area (Å²) in [5.74, 6) is 0.725. The van der Waals surface area contributed by atoms with E-state index in [1.165, 1.54) is 0 Å². The van der Waals surface area contributed by atoms with E-state index in [1.807, 2.05) is 0 Å². The van der Waals surface area contributed by atoms with E-state index in [9.17, 15) is 0 Å². The number of benzene rings is 1. The van der Waals surface area contributed by atoms with Gasteiger partial charge in [-0.1, -0.05) is 18.2 Å². The normalized spacial score (nSPS) is 10.7. The van der Waals surface area contributed by atoms with Gasteiger partial charge in [0.1, 0.15) is 5.75 Å². The van der Waals surface area contributed by atoms with Crippen molar-refractivity contribution in [2.24, 2.45) is 0 Å². The molecule has 54 valence electrons. The van der Waals surface area contributed by atoms with Crippen LogP contribution in [0.1, 0.15) is 1.37 Å². The predicted molar refractivity (Wildman–Crippen MR) is 38.9 cm³/mol. The van der Waals surface area contributed by atoms with Crippen molar-refractivity contribution in [3.63, 3.8) is 0 Å². The minimum absolute atomic E-state index is 0.247. The Labute approximate surface area is 61.8 Å². The van der Waals surface area contributed by atoms with Crippen LogP contribution in [0.5, 0.6) is 5.75 Å². The third-order valence-electron chi connectivity index (χ3n) is 1.03. The van der Waals surface area contributed by atoms with E-state index in [-0.39, 0.29) is 6.79 Å². The van der Waals surface area contributed by atoms with Crippen molar-refractivity contribution < 1.29 is 10.8 Å². The molecule has 0 aliphatic carbocycles. The molecular weight excluding hydrogens is 128 g/mol. The quantitative estimate of drug-likeness (QED) is 0.593. The lowest BCUT2D eigenvalue weighted by Gasteiger charge is -2.01. The molecule has 0 radical (unpaired) electrons. The van der Waals surface area contributed by atoms with Gasteiger partial charge in [0, 0.05) is 7.11 Å². The highest BCUT2D eigenvalue weighted by Gasteiger charge is 1.86. The molecule has 0 spiro atoms. The summed E-state index contributed by atoms with van der Waals surface area (Å²) < 4.78 is 17.0. The second-order valence-corrected chi connectivity index (χ2v) is 1.79. The first kappa shape index (κ1) is 5.74. The van der Waals surface area contributed by atoms with Crippen LogP contribution >= 0.6 is 0 Å². The minimum Gasteiger partial charge on any atom is -0.468 e. The fourth-order valence-corrected chi connectivity index (χ4v) is 0.595.